The summed E-state index contributed by atoms with van der Waals surface area (Å²) in [6.45, 7) is 1.67. The number of amides is 1. The molecule has 1 saturated heterocycles. The second kappa shape index (κ2) is 8.64. The maximum atomic E-state index is 13.0. The van der Waals surface area contributed by atoms with Crippen molar-refractivity contribution < 1.29 is 9.90 Å². The fourth-order valence-corrected chi connectivity index (χ4v) is 3.86. The van der Waals surface area contributed by atoms with Gasteiger partial charge in [-0.3, -0.25) is 9.78 Å². The molecular formula is C22H26N6O2. The molecule has 8 heteroatoms. The van der Waals surface area contributed by atoms with E-state index in [1.807, 2.05) is 24.3 Å². The van der Waals surface area contributed by atoms with Crippen LogP contribution >= 0.6 is 0 Å². The second-order valence-corrected chi connectivity index (χ2v) is 7.62. The van der Waals surface area contributed by atoms with Crippen LogP contribution in [0.4, 0.5) is 17.1 Å². The number of hydrogen-bond donors (Lipinski definition) is 4. The molecule has 0 unspecified atom stereocenters. The summed E-state index contributed by atoms with van der Waals surface area (Å²) in [7, 11) is 0. The third kappa shape index (κ3) is 4.19. The number of benzene rings is 1. The summed E-state index contributed by atoms with van der Waals surface area (Å²) in [6, 6.07) is 9.42. The smallest absolute Gasteiger partial charge is 0.276 e. The molecule has 6 N–H and O–H groups in total. The zero-order chi connectivity index (χ0) is 21.1. The Labute approximate surface area is 174 Å². The van der Waals surface area contributed by atoms with Crippen LogP contribution in [-0.4, -0.2) is 46.7 Å². The van der Waals surface area contributed by atoms with Crippen molar-refractivity contribution in [2.24, 2.45) is 5.73 Å². The van der Waals surface area contributed by atoms with Gasteiger partial charge in [0.15, 0.2) is 5.69 Å². The van der Waals surface area contributed by atoms with Crippen LogP contribution < -0.4 is 21.7 Å². The number of carbonyl (C=O) groups is 1. The Hall–Kier alpha value is -3.23. The zero-order valence-electron chi connectivity index (χ0n) is 16.7. The molecule has 1 aliphatic rings. The molecule has 4 rings (SSSR count). The van der Waals surface area contributed by atoms with Crippen molar-refractivity contribution in [2.75, 3.05) is 35.6 Å². The lowest BCUT2D eigenvalue weighted by Gasteiger charge is -2.33. The lowest BCUT2D eigenvalue weighted by Crippen LogP contribution is -2.43. The molecule has 3 aromatic rings. The van der Waals surface area contributed by atoms with Crippen LogP contribution in [0, 0.1) is 0 Å². The number of aliphatic hydroxyl groups is 1. The first-order valence-corrected chi connectivity index (χ1v) is 10.1. The lowest BCUT2D eigenvalue weighted by molar-refractivity contribution is 0.102. The van der Waals surface area contributed by atoms with Crippen LogP contribution in [0.25, 0.3) is 10.9 Å². The van der Waals surface area contributed by atoms with Gasteiger partial charge >= 0.3 is 0 Å². The number of aliphatic hydroxyl groups excluding tert-OH is 1. The first-order chi connectivity index (χ1) is 14.5. The average Bonchev–Trinajstić information content (AvgIpc) is 2.74. The topological polar surface area (TPSA) is 130 Å². The van der Waals surface area contributed by atoms with E-state index in [4.69, 9.17) is 11.5 Å². The number of aromatic nitrogens is 2. The molecular weight excluding hydrogens is 380 g/mol. The van der Waals surface area contributed by atoms with Crippen molar-refractivity contribution in [2.45, 2.75) is 25.3 Å². The normalized spacial score (nSPS) is 16.6. The molecule has 3 heterocycles. The Balaban J connectivity index is 1.62. The Bertz CT molecular complexity index is 1070. The minimum Gasteiger partial charge on any atom is -0.397 e. The molecule has 0 saturated carbocycles. The summed E-state index contributed by atoms with van der Waals surface area (Å²) in [5.74, 6) is -0.391. The van der Waals surface area contributed by atoms with Gasteiger partial charge in [-0.2, -0.15) is 0 Å². The Morgan fingerprint density at radius 2 is 2.17 bits per heavy atom. The fraction of sp³-hybridized carbons (Fsp3) is 0.318. The van der Waals surface area contributed by atoms with Crippen LogP contribution in [0.15, 0.2) is 42.7 Å². The molecule has 0 radical (unpaired) electrons. The maximum Gasteiger partial charge on any atom is 0.276 e. The number of nitrogens with two attached hydrogens (primary N) is 2. The summed E-state index contributed by atoms with van der Waals surface area (Å²) in [6.07, 6.45) is 5.87. The Morgan fingerprint density at radius 3 is 2.97 bits per heavy atom. The van der Waals surface area contributed by atoms with Gasteiger partial charge in [0.2, 0.25) is 0 Å². The van der Waals surface area contributed by atoms with Gasteiger partial charge < -0.3 is 26.8 Å². The van der Waals surface area contributed by atoms with E-state index in [0.717, 1.165) is 42.6 Å². The highest BCUT2D eigenvalue weighted by molar-refractivity contribution is 6.09. The lowest BCUT2D eigenvalue weighted by atomic mass is 10.1. The van der Waals surface area contributed by atoms with Gasteiger partial charge in [-0.1, -0.05) is 12.1 Å². The van der Waals surface area contributed by atoms with Gasteiger partial charge in [-0.05, 0) is 43.0 Å². The molecule has 0 spiro atoms. The Morgan fingerprint density at radius 1 is 1.30 bits per heavy atom. The van der Waals surface area contributed by atoms with E-state index in [-0.39, 0.29) is 18.3 Å². The van der Waals surface area contributed by atoms with Gasteiger partial charge in [0.1, 0.15) is 0 Å². The highest BCUT2D eigenvalue weighted by Crippen LogP contribution is 2.28. The SMILES string of the molecule is Nc1cc2ccc(CCO)cc2nc1C(=O)Nc1cnccc1N1CCC[C@H](N)C1. The molecule has 156 valence electrons. The predicted molar refractivity (Wildman–Crippen MR) is 119 cm³/mol. The number of nitrogens with zero attached hydrogens (tertiary/aromatic N) is 3. The van der Waals surface area contributed by atoms with Gasteiger partial charge in [0, 0.05) is 37.3 Å². The molecule has 1 aromatic carbocycles. The molecule has 1 amide bonds. The third-order valence-electron chi connectivity index (χ3n) is 5.37. The fourth-order valence-electron chi connectivity index (χ4n) is 3.86. The van der Waals surface area contributed by atoms with Crippen LogP contribution in [0.3, 0.4) is 0 Å². The number of anilines is 3. The molecule has 0 aliphatic carbocycles. The van der Waals surface area contributed by atoms with Gasteiger partial charge in [-0.15, -0.1) is 0 Å². The van der Waals surface area contributed by atoms with Gasteiger partial charge in [0.05, 0.1) is 28.8 Å². The van der Waals surface area contributed by atoms with Crippen LogP contribution in [0.1, 0.15) is 28.9 Å². The van der Waals surface area contributed by atoms with Crippen LogP contribution in [-0.2, 0) is 6.42 Å². The summed E-state index contributed by atoms with van der Waals surface area (Å²) in [5, 5.41) is 12.9. The summed E-state index contributed by atoms with van der Waals surface area (Å²) < 4.78 is 0. The number of fused-ring (bicyclic) bond motifs is 1. The number of rotatable bonds is 5. The first-order valence-electron chi connectivity index (χ1n) is 10.1. The van der Waals surface area contributed by atoms with Crippen molar-refractivity contribution >= 4 is 33.9 Å². The van der Waals surface area contributed by atoms with E-state index in [1.54, 1.807) is 18.5 Å². The number of hydrogen-bond acceptors (Lipinski definition) is 7. The van der Waals surface area contributed by atoms with Crippen LogP contribution in [0.5, 0.6) is 0 Å². The average molecular weight is 406 g/mol. The molecule has 0 bridgehead atoms. The highest BCUT2D eigenvalue weighted by atomic mass is 16.3. The minimum absolute atomic E-state index is 0.0533. The monoisotopic (exact) mass is 406 g/mol. The van der Waals surface area contributed by atoms with E-state index >= 15 is 0 Å². The molecule has 8 nitrogen and oxygen atoms in total. The van der Waals surface area contributed by atoms with E-state index in [9.17, 15) is 9.90 Å². The highest BCUT2D eigenvalue weighted by Gasteiger charge is 2.21. The first kappa shape index (κ1) is 20.1. The maximum absolute atomic E-state index is 13.0. The Kier molecular flexibility index (Phi) is 5.78. The van der Waals surface area contributed by atoms with Crippen molar-refractivity contribution in [3.05, 3.63) is 54.0 Å². The molecule has 1 atom stereocenters. The van der Waals surface area contributed by atoms with Gasteiger partial charge in [0.25, 0.3) is 5.91 Å². The van der Waals surface area contributed by atoms with Crippen LogP contribution in [0.2, 0.25) is 0 Å². The number of piperidine rings is 1. The number of pyridine rings is 2. The van der Waals surface area contributed by atoms with E-state index in [1.165, 1.54) is 0 Å². The zero-order valence-corrected chi connectivity index (χ0v) is 16.7. The predicted octanol–water partition coefficient (Wildman–Crippen LogP) is 1.93. The number of nitrogen functional groups attached to an aromatic ring is 1. The van der Waals surface area contributed by atoms with E-state index < -0.39 is 5.91 Å². The van der Waals surface area contributed by atoms with Gasteiger partial charge in [-0.25, -0.2) is 4.98 Å². The summed E-state index contributed by atoms with van der Waals surface area (Å²) in [5.41, 5.74) is 15.8. The van der Waals surface area contributed by atoms with E-state index in [0.29, 0.717) is 23.3 Å². The summed E-state index contributed by atoms with van der Waals surface area (Å²) >= 11 is 0. The van der Waals surface area contributed by atoms with Crippen molar-refractivity contribution in [1.82, 2.24) is 9.97 Å². The number of carbonyl (C=O) groups excluding carboxylic acids is 1. The van der Waals surface area contributed by atoms with Crippen molar-refractivity contribution in [3.8, 4) is 0 Å². The quantitative estimate of drug-likeness (QED) is 0.509. The molecule has 30 heavy (non-hydrogen) atoms. The number of nitrogens with one attached hydrogen (secondary N) is 1. The third-order valence-corrected chi connectivity index (χ3v) is 5.37. The molecule has 1 fully saturated rings. The standard InChI is InChI=1S/C22H26N6O2/c23-16-2-1-8-28(13-16)20-5-7-25-12-19(20)27-22(30)21-17(24)11-15-4-3-14(6-9-29)10-18(15)26-21/h3-5,7,10-12,16,29H,1-2,6,8-9,13,23-24H2,(H,27,30)/t16-/m0/s1. The largest absolute Gasteiger partial charge is 0.397 e. The molecule has 1 aliphatic heterocycles. The minimum atomic E-state index is -0.391. The van der Waals surface area contributed by atoms with E-state index in [2.05, 4.69) is 20.2 Å². The molecule has 2 aromatic heterocycles. The van der Waals surface area contributed by atoms with Crippen molar-refractivity contribution in [1.29, 1.82) is 0 Å². The van der Waals surface area contributed by atoms with Crippen molar-refractivity contribution in [3.63, 3.8) is 0 Å². The second-order valence-electron chi connectivity index (χ2n) is 7.62. The summed E-state index contributed by atoms with van der Waals surface area (Å²) in [4.78, 5) is 23.9.